The van der Waals surface area contributed by atoms with Crippen LogP contribution in [0.1, 0.15) is 38.4 Å². The lowest BCUT2D eigenvalue weighted by atomic mass is 10.1. The Morgan fingerprint density at radius 2 is 2.12 bits per heavy atom. The van der Waals surface area contributed by atoms with Gasteiger partial charge >= 0.3 is 12.0 Å². The molecule has 9 nitrogen and oxygen atoms in total. The van der Waals surface area contributed by atoms with E-state index in [0.717, 1.165) is 10.7 Å². The van der Waals surface area contributed by atoms with Crippen LogP contribution in [0.15, 0.2) is 11.2 Å². The van der Waals surface area contributed by atoms with Crippen molar-refractivity contribution in [3.05, 3.63) is 21.9 Å². The van der Waals surface area contributed by atoms with Crippen molar-refractivity contribution in [1.29, 1.82) is 0 Å². The average molecular weight is 363 g/mol. The second-order valence-electron chi connectivity index (χ2n) is 5.75. The number of hydrogen-bond donors (Lipinski definition) is 1. The topological polar surface area (TPSA) is 114 Å². The third kappa shape index (κ3) is 3.08. The van der Waals surface area contributed by atoms with Crippen LogP contribution in [-0.2, 0) is 4.79 Å². The molecule has 0 aromatic carbocycles. The highest BCUT2D eigenvalue weighted by Crippen LogP contribution is 2.41. The molecule has 0 aliphatic carbocycles. The molecule has 2 heterocycles. The lowest BCUT2D eigenvalue weighted by Gasteiger charge is -2.34. The van der Waals surface area contributed by atoms with Crippen molar-refractivity contribution in [3.8, 4) is 0 Å². The van der Waals surface area contributed by atoms with Crippen LogP contribution in [0.3, 0.4) is 0 Å². The molecular formula is C13H16F3N5O4. The smallest absolute Gasteiger partial charge is 0.362 e. The SMILES string of the molecule is CC[C@@H](C(=O)N1N=C(C)C[C@]1(O)C(F)(F)F)n1nc([N+](=O)[O-])cc1C. The van der Waals surface area contributed by atoms with E-state index in [1.54, 1.807) is 0 Å². The molecule has 1 amide bonds. The van der Waals surface area contributed by atoms with Gasteiger partial charge in [-0.05, 0) is 25.2 Å². The highest BCUT2D eigenvalue weighted by Gasteiger charge is 2.63. The van der Waals surface area contributed by atoms with Gasteiger partial charge in [0.1, 0.15) is 0 Å². The first-order valence-corrected chi connectivity index (χ1v) is 7.30. The fourth-order valence-corrected chi connectivity index (χ4v) is 2.64. The summed E-state index contributed by atoms with van der Waals surface area (Å²) in [7, 11) is 0. The van der Waals surface area contributed by atoms with E-state index in [-0.39, 0.29) is 22.8 Å². The maximum atomic E-state index is 13.3. The van der Waals surface area contributed by atoms with Crippen molar-refractivity contribution in [3.63, 3.8) is 0 Å². The average Bonchev–Trinajstić information content (AvgIpc) is 3.00. The molecule has 1 aromatic rings. The Labute approximate surface area is 139 Å². The van der Waals surface area contributed by atoms with E-state index in [9.17, 15) is 33.2 Å². The van der Waals surface area contributed by atoms with Crippen LogP contribution in [0.25, 0.3) is 0 Å². The number of alkyl halides is 3. The van der Waals surface area contributed by atoms with Crippen molar-refractivity contribution in [2.24, 2.45) is 5.10 Å². The van der Waals surface area contributed by atoms with E-state index in [2.05, 4.69) is 10.2 Å². The summed E-state index contributed by atoms with van der Waals surface area (Å²) in [5.74, 6) is -1.68. The number of aryl methyl sites for hydroxylation is 1. The van der Waals surface area contributed by atoms with Gasteiger partial charge in [-0.3, -0.25) is 4.79 Å². The lowest BCUT2D eigenvalue weighted by Crippen LogP contribution is -2.57. The lowest BCUT2D eigenvalue weighted by molar-refractivity contribution is -0.389. The molecule has 1 aromatic heterocycles. The minimum absolute atomic E-state index is 0.00247. The van der Waals surface area contributed by atoms with Crippen LogP contribution in [-0.4, -0.2) is 48.3 Å². The van der Waals surface area contributed by atoms with Gasteiger partial charge in [0.15, 0.2) is 6.04 Å². The molecular weight excluding hydrogens is 347 g/mol. The number of halogens is 3. The van der Waals surface area contributed by atoms with Crippen LogP contribution in [0.4, 0.5) is 19.0 Å². The second kappa shape index (κ2) is 6.10. The summed E-state index contributed by atoms with van der Waals surface area (Å²) in [4.78, 5) is 22.7. The summed E-state index contributed by atoms with van der Waals surface area (Å²) in [6.07, 6.45) is -5.98. The highest BCUT2D eigenvalue weighted by atomic mass is 19.4. The van der Waals surface area contributed by atoms with Crippen molar-refractivity contribution < 1.29 is 28.0 Å². The molecule has 2 atom stereocenters. The highest BCUT2D eigenvalue weighted by molar-refractivity contribution is 5.90. The van der Waals surface area contributed by atoms with Crippen molar-refractivity contribution in [1.82, 2.24) is 14.8 Å². The Balaban J connectivity index is 2.44. The fourth-order valence-electron chi connectivity index (χ4n) is 2.64. The number of nitro groups is 1. The zero-order valence-corrected chi connectivity index (χ0v) is 13.6. The Morgan fingerprint density at radius 3 is 2.56 bits per heavy atom. The Morgan fingerprint density at radius 1 is 1.52 bits per heavy atom. The van der Waals surface area contributed by atoms with E-state index in [1.165, 1.54) is 20.8 Å². The van der Waals surface area contributed by atoms with E-state index in [1.807, 2.05) is 0 Å². The predicted molar refractivity (Wildman–Crippen MR) is 78.5 cm³/mol. The second-order valence-corrected chi connectivity index (χ2v) is 5.75. The maximum Gasteiger partial charge on any atom is 0.438 e. The standard InChI is InChI=1S/C13H16F3N5O4/c1-4-9(19-8(3)5-10(18-19)21(24)25)11(22)20-12(23,13(14,15)16)6-7(2)17-20/h5,9,23H,4,6H2,1-3H3/t9-,12-/m0/s1. The van der Waals surface area contributed by atoms with Gasteiger partial charge in [0.05, 0.1) is 16.9 Å². The molecule has 0 bridgehead atoms. The Bertz CT molecular complexity index is 745. The van der Waals surface area contributed by atoms with Crippen LogP contribution in [0.5, 0.6) is 0 Å². The largest absolute Gasteiger partial charge is 0.438 e. The first kappa shape index (κ1) is 18.8. The number of aliphatic hydroxyl groups is 1. The van der Waals surface area contributed by atoms with Gasteiger partial charge in [-0.2, -0.15) is 28.0 Å². The molecule has 25 heavy (non-hydrogen) atoms. The number of aromatic nitrogens is 2. The summed E-state index contributed by atoms with van der Waals surface area (Å²) < 4.78 is 40.7. The molecule has 0 saturated heterocycles. The van der Waals surface area contributed by atoms with E-state index >= 15 is 0 Å². The molecule has 0 saturated carbocycles. The van der Waals surface area contributed by atoms with Crippen LogP contribution in [0, 0.1) is 17.0 Å². The first-order valence-electron chi connectivity index (χ1n) is 7.30. The van der Waals surface area contributed by atoms with Crippen molar-refractivity contribution in [2.45, 2.75) is 51.6 Å². The van der Waals surface area contributed by atoms with Crippen LogP contribution < -0.4 is 0 Å². The predicted octanol–water partition coefficient (Wildman–Crippen LogP) is 1.91. The van der Waals surface area contributed by atoms with Gasteiger partial charge in [0.2, 0.25) is 0 Å². The maximum absolute atomic E-state index is 13.3. The third-order valence-corrected chi connectivity index (χ3v) is 3.85. The first-order chi connectivity index (χ1) is 11.4. The summed E-state index contributed by atoms with van der Waals surface area (Å²) in [5.41, 5.74) is -3.29. The van der Waals surface area contributed by atoms with Gasteiger partial charge in [0.25, 0.3) is 11.6 Å². The van der Waals surface area contributed by atoms with Crippen LogP contribution >= 0.6 is 0 Å². The molecule has 0 fully saturated rings. The van der Waals surface area contributed by atoms with Gasteiger partial charge in [-0.15, -0.1) is 0 Å². The number of amides is 1. The quantitative estimate of drug-likeness (QED) is 0.648. The van der Waals surface area contributed by atoms with E-state index < -0.39 is 41.0 Å². The van der Waals surface area contributed by atoms with Crippen molar-refractivity contribution >= 4 is 17.4 Å². The summed E-state index contributed by atoms with van der Waals surface area (Å²) in [6.45, 7) is 4.20. The number of carbonyl (C=O) groups is 1. The molecule has 1 aliphatic heterocycles. The van der Waals surface area contributed by atoms with E-state index in [4.69, 9.17) is 0 Å². The van der Waals surface area contributed by atoms with Gasteiger partial charge in [0, 0.05) is 12.1 Å². The number of rotatable bonds is 4. The molecule has 0 radical (unpaired) electrons. The van der Waals surface area contributed by atoms with Crippen molar-refractivity contribution in [2.75, 3.05) is 0 Å². The molecule has 0 unspecified atom stereocenters. The van der Waals surface area contributed by atoms with E-state index in [0.29, 0.717) is 0 Å². The number of carbonyl (C=O) groups excluding carboxylic acids is 1. The summed E-state index contributed by atoms with van der Waals surface area (Å²) in [6, 6.07) is -0.179. The number of hydrazone groups is 1. The molecule has 1 aliphatic rings. The Kier molecular flexibility index (Phi) is 4.59. The zero-order chi connectivity index (χ0) is 19.2. The minimum Gasteiger partial charge on any atom is -0.362 e. The molecule has 138 valence electrons. The monoisotopic (exact) mass is 363 g/mol. The summed E-state index contributed by atoms with van der Waals surface area (Å²) >= 11 is 0. The third-order valence-electron chi connectivity index (χ3n) is 3.85. The van der Waals surface area contributed by atoms with Gasteiger partial charge in [-0.1, -0.05) is 6.92 Å². The van der Waals surface area contributed by atoms with Gasteiger partial charge in [-0.25, -0.2) is 0 Å². The summed E-state index contributed by atoms with van der Waals surface area (Å²) in [5, 5.41) is 28.0. The molecule has 2 rings (SSSR count). The number of hydrogen-bond acceptors (Lipinski definition) is 6. The van der Waals surface area contributed by atoms with Gasteiger partial charge < -0.3 is 15.2 Å². The normalized spacial score (nSPS) is 22.0. The number of nitrogens with zero attached hydrogens (tertiary/aromatic N) is 5. The minimum atomic E-state index is -5.12. The fraction of sp³-hybridized carbons (Fsp3) is 0.615. The van der Waals surface area contributed by atoms with Crippen LogP contribution in [0.2, 0.25) is 0 Å². The molecule has 0 spiro atoms. The zero-order valence-electron chi connectivity index (χ0n) is 13.6. The molecule has 12 heteroatoms. The molecule has 1 N–H and O–H groups in total. The Hall–Kier alpha value is -2.50.